The van der Waals surface area contributed by atoms with Crippen molar-refractivity contribution in [3.63, 3.8) is 0 Å². The maximum atomic E-state index is 14.5. The second-order valence-electron chi connectivity index (χ2n) is 21.0. The van der Waals surface area contributed by atoms with Crippen LogP contribution in [0.15, 0.2) is 47.6 Å². The van der Waals surface area contributed by atoms with Crippen LogP contribution in [-0.4, -0.2) is 160 Å². The Kier molecular flexibility index (Phi) is 25.6. The molecule has 3 aliphatic heterocycles. The first-order valence-electron chi connectivity index (χ1n) is 26.5. The number of cyclic esters (lactones) is 1. The number of aliphatic hydroxyl groups is 2. The van der Waals surface area contributed by atoms with Crippen molar-refractivity contribution in [1.82, 2.24) is 4.90 Å². The SMILES string of the molecule is COCCOCCOC1C[C@@H]2CC[C@@H](C)[C@@](O)(O2)C(=O)C(=O)N2CCCC[C@H]2C(=O)O[C@H]([C@H](C)C[C@@H]2CC[C@@H](OC)[C@H](OC)C2)CC(=O)[C@H](C)/C=C(\C)[C@@H](O)[C@@H](OC)C(=O)[C@H](C)C[C@H](C)/C=C/C=C/C=C/1C. The van der Waals surface area contributed by atoms with Gasteiger partial charge in [0.1, 0.15) is 30.1 Å². The summed E-state index contributed by atoms with van der Waals surface area (Å²) < 4.78 is 46.8. The first-order valence-corrected chi connectivity index (χ1v) is 26.5. The van der Waals surface area contributed by atoms with Gasteiger partial charge in [0.05, 0.1) is 50.8 Å². The molecule has 15 atom stereocenters. The molecule has 2 N–H and O–H groups in total. The molecule has 1 amide bonds. The number of esters is 1. The highest BCUT2D eigenvalue weighted by atomic mass is 16.6. The first kappa shape index (κ1) is 61.1. The third-order valence-electron chi connectivity index (χ3n) is 15.4. The first-order chi connectivity index (χ1) is 34.3. The number of allylic oxidation sites excluding steroid dienone is 6. The fourth-order valence-corrected chi connectivity index (χ4v) is 10.8. The number of fused-ring (bicyclic) bond motifs is 3. The van der Waals surface area contributed by atoms with Gasteiger partial charge in [0.2, 0.25) is 5.79 Å². The summed E-state index contributed by atoms with van der Waals surface area (Å²) in [7, 11) is 6.32. The molecule has 2 saturated heterocycles. The topological polar surface area (TPSA) is 203 Å². The second-order valence-corrected chi connectivity index (χ2v) is 21.0. The molecule has 0 spiro atoms. The number of methoxy groups -OCH3 is 4. The average Bonchev–Trinajstić information content (AvgIpc) is 3.36. The molecular weight excluding hydrogens is 927 g/mol. The zero-order valence-corrected chi connectivity index (χ0v) is 45.2. The van der Waals surface area contributed by atoms with E-state index in [9.17, 15) is 34.2 Å². The zero-order valence-electron chi connectivity index (χ0n) is 45.2. The second kappa shape index (κ2) is 30.2. The largest absolute Gasteiger partial charge is 0.460 e. The fraction of sp³-hybridized carbons (Fsp3) is 0.768. The number of nitrogens with zero attached hydrogens (tertiary/aromatic N) is 1. The van der Waals surface area contributed by atoms with E-state index in [0.717, 1.165) is 24.8 Å². The van der Waals surface area contributed by atoms with Crippen LogP contribution in [0.5, 0.6) is 0 Å². The molecule has 4 aliphatic rings. The van der Waals surface area contributed by atoms with Gasteiger partial charge in [-0.1, -0.05) is 71.1 Å². The van der Waals surface area contributed by atoms with Crippen molar-refractivity contribution in [2.75, 3.05) is 61.4 Å². The Balaban J connectivity index is 1.71. The molecule has 0 aromatic heterocycles. The van der Waals surface area contributed by atoms with Crippen LogP contribution in [0.4, 0.5) is 0 Å². The minimum absolute atomic E-state index is 0.000925. The number of aliphatic hydroxyl groups excluding tert-OH is 1. The van der Waals surface area contributed by atoms with E-state index in [1.165, 1.54) is 12.0 Å². The summed E-state index contributed by atoms with van der Waals surface area (Å²) in [5, 5.41) is 23.7. The van der Waals surface area contributed by atoms with E-state index in [0.29, 0.717) is 63.9 Å². The van der Waals surface area contributed by atoms with E-state index in [4.69, 9.17) is 37.9 Å². The number of hydrogen-bond donors (Lipinski definition) is 2. The molecule has 16 nitrogen and oxygen atoms in total. The number of amides is 1. The molecule has 3 heterocycles. The quantitative estimate of drug-likeness (QED) is 0.0837. The summed E-state index contributed by atoms with van der Waals surface area (Å²) in [6, 6.07) is -1.15. The van der Waals surface area contributed by atoms with Gasteiger partial charge in [0.25, 0.3) is 11.7 Å². The summed E-state index contributed by atoms with van der Waals surface area (Å²) >= 11 is 0. The van der Waals surface area contributed by atoms with Gasteiger partial charge in [-0.15, -0.1) is 0 Å². The molecule has 1 saturated carbocycles. The van der Waals surface area contributed by atoms with Gasteiger partial charge in [-0.25, -0.2) is 4.79 Å². The van der Waals surface area contributed by atoms with Gasteiger partial charge in [-0.05, 0) is 107 Å². The fourth-order valence-electron chi connectivity index (χ4n) is 10.8. The lowest BCUT2D eigenvalue weighted by Gasteiger charge is -2.43. The molecule has 0 radical (unpaired) electrons. The van der Waals surface area contributed by atoms with Crippen molar-refractivity contribution in [2.45, 2.75) is 180 Å². The summed E-state index contributed by atoms with van der Waals surface area (Å²) in [6.45, 7) is 14.2. The maximum absolute atomic E-state index is 14.5. The normalized spacial score (nSPS) is 37.7. The third-order valence-corrected chi connectivity index (χ3v) is 15.4. The third kappa shape index (κ3) is 17.3. The van der Waals surface area contributed by atoms with Crippen LogP contribution in [0.2, 0.25) is 0 Å². The van der Waals surface area contributed by atoms with E-state index in [1.807, 2.05) is 58.1 Å². The molecule has 408 valence electrons. The minimum atomic E-state index is -2.47. The molecule has 1 unspecified atom stereocenters. The maximum Gasteiger partial charge on any atom is 0.329 e. The standard InChI is InChI=1S/C56H89NO15/c1-35-17-13-12-14-18-36(2)47(70-28-27-69-26-25-65-8)33-43-22-20-41(7)56(64,72-43)53(61)54(62)57-24-16-15-19-44(57)55(63)71-48(38(4)31-42-21-23-46(66-9)49(32-42)67-10)34-45(58)37(3)30-40(6)51(60)52(68-11)50(59)39(5)29-35/h12-14,17-18,30,35,37-39,41-44,46-49,51-52,60,64H,15-16,19-29,31-34H2,1-11H3/b14-12+,17-13+,36-18+,40-30+/t35-,37-,38-,39-,41-,42+,43+,44+,46-,47?,48+,49-,51-,52+,56-/m1/s1. The van der Waals surface area contributed by atoms with Crippen LogP contribution < -0.4 is 0 Å². The number of Topliss-reactive ketones (excluding diaryl/α,β-unsaturated/α-hetero) is 3. The molecule has 3 fully saturated rings. The minimum Gasteiger partial charge on any atom is -0.460 e. The molecule has 0 aromatic rings. The number of ether oxygens (including phenoxy) is 8. The number of piperidine rings is 1. The summed E-state index contributed by atoms with van der Waals surface area (Å²) in [6.07, 6.45) is 12.3. The Morgan fingerprint density at radius 1 is 0.806 bits per heavy atom. The van der Waals surface area contributed by atoms with E-state index < -0.39 is 77.8 Å². The highest BCUT2D eigenvalue weighted by molar-refractivity contribution is 6.39. The van der Waals surface area contributed by atoms with Gasteiger partial charge < -0.3 is 53.0 Å². The van der Waals surface area contributed by atoms with Crippen LogP contribution in [0.3, 0.4) is 0 Å². The van der Waals surface area contributed by atoms with Crippen molar-refractivity contribution in [1.29, 1.82) is 0 Å². The predicted octanol–water partition coefficient (Wildman–Crippen LogP) is 6.87. The van der Waals surface area contributed by atoms with Crippen molar-refractivity contribution < 1.29 is 72.1 Å². The number of rotatable bonds is 13. The van der Waals surface area contributed by atoms with E-state index in [2.05, 4.69) is 0 Å². The van der Waals surface area contributed by atoms with Crippen molar-refractivity contribution >= 4 is 29.2 Å². The van der Waals surface area contributed by atoms with Gasteiger partial charge in [-0.3, -0.25) is 19.2 Å². The highest BCUT2D eigenvalue weighted by Crippen LogP contribution is 2.38. The Morgan fingerprint density at radius 2 is 1.53 bits per heavy atom. The molecular formula is C56H89NO15. The monoisotopic (exact) mass is 1020 g/mol. The molecule has 2 bridgehead atoms. The van der Waals surface area contributed by atoms with Gasteiger partial charge in [-0.2, -0.15) is 0 Å². The lowest BCUT2D eigenvalue weighted by atomic mass is 9.78. The zero-order chi connectivity index (χ0) is 53.1. The van der Waals surface area contributed by atoms with Crippen LogP contribution >= 0.6 is 0 Å². The lowest BCUT2D eigenvalue weighted by molar-refractivity contribution is -0.266. The van der Waals surface area contributed by atoms with E-state index in [1.54, 1.807) is 48.2 Å². The number of carbonyl (C=O) groups excluding carboxylic acids is 5. The highest BCUT2D eigenvalue weighted by Gasteiger charge is 2.53. The molecule has 72 heavy (non-hydrogen) atoms. The predicted molar refractivity (Wildman–Crippen MR) is 272 cm³/mol. The van der Waals surface area contributed by atoms with Gasteiger partial charge >= 0.3 is 5.97 Å². The molecule has 1 aliphatic carbocycles. The van der Waals surface area contributed by atoms with Crippen molar-refractivity contribution in [2.24, 2.45) is 35.5 Å². The Labute approximate surface area is 429 Å². The van der Waals surface area contributed by atoms with Crippen LogP contribution in [-0.2, 0) is 61.9 Å². The van der Waals surface area contributed by atoms with Gasteiger partial charge in [0, 0.05) is 65.6 Å². The lowest BCUT2D eigenvalue weighted by Crippen LogP contribution is -2.61. The Morgan fingerprint density at radius 3 is 2.22 bits per heavy atom. The van der Waals surface area contributed by atoms with Crippen LogP contribution in [0.1, 0.15) is 126 Å². The van der Waals surface area contributed by atoms with Crippen molar-refractivity contribution in [3.8, 4) is 0 Å². The molecule has 0 aromatic carbocycles. The van der Waals surface area contributed by atoms with Gasteiger partial charge in [0.15, 0.2) is 5.78 Å². The molecule has 16 heteroatoms. The number of ketones is 3. The van der Waals surface area contributed by atoms with E-state index >= 15 is 0 Å². The number of hydrogen-bond acceptors (Lipinski definition) is 15. The van der Waals surface area contributed by atoms with Crippen LogP contribution in [0, 0.1) is 35.5 Å². The average molecular weight is 1020 g/mol. The van der Waals surface area contributed by atoms with Crippen LogP contribution in [0.25, 0.3) is 0 Å². The number of carbonyl (C=O) groups is 5. The summed E-state index contributed by atoms with van der Waals surface area (Å²) in [4.78, 5) is 72.6. The summed E-state index contributed by atoms with van der Waals surface area (Å²) in [5.41, 5.74) is 1.24. The summed E-state index contributed by atoms with van der Waals surface area (Å²) in [5.74, 6) is -7.94. The Hall–Kier alpha value is -3.45. The van der Waals surface area contributed by atoms with Crippen molar-refractivity contribution in [3.05, 3.63) is 47.6 Å². The smallest absolute Gasteiger partial charge is 0.329 e. The molecule has 4 rings (SSSR count). The van der Waals surface area contributed by atoms with E-state index in [-0.39, 0.29) is 73.9 Å². The Bertz CT molecular complexity index is 1880.